The van der Waals surface area contributed by atoms with Crippen molar-refractivity contribution in [3.8, 4) is 0 Å². The normalized spacial score (nSPS) is 15.9. The molecule has 0 N–H and O–H groups in total. The Labute approximate surface area is 175 Å². The topological polar surface area (TPSA) is 43.9 Å². The molecule has 1 aliphatic rings. The first-order valence-electron chi connectivity index (χ1n) is 9.49. The predicted molar refractivity (Wildman–Crippen MR) is 114 cm³/mol. The SMILES string of the molecule is CCCN(CC(=O)N1CCc2sccc2[C@H]1c1ccc(Cl)cc1)C(=O)N(C)C. The van der Waals surface area contributed by atoms with Crippen LogP contribution < -0.4 is 0 Å². The number of halogens is 1. The van der Waals surface area contributed by atoms with E-state index in [2.05, 4.69) is 11.4 Å². The van der Waals surface area contributed by atoms with Crippen LogP contribution in [0.4, 0.5) is 4.79 Å². The molecule has 1 aliphatic heterocycles. The van der Waals surface area contributed by atoms with Crippen LogP contribution in [0.3, 0.4) is 0 Å². The van der Waals surface area contributed by atoms with Crippen molar-refractivity contribution < 1.29 is 9.59 Å². The molecule has 1 atom stereocenters. The quantitative estimate of drug-likeness (QED) is 0.726. The van der Waals surface area contributed by atoms with Crippen molar-refractivity contribution in [1.29, 1.82) is 0 Å². The molecule has 0 radical (unpaired) electrons. The van der Waals surface area contributed by atoms with Crippen LogP contribution in [-0.4, -0.2) is 60.4 Å². The Morgan fingerprint density at radius 3 is 2.57 bits per heavy atom. The molecule has 5 nitrogen and oxygen atoms in total. The van der Waals surface area contributed by atoms with Gasteiger partial charge in [0.05, 0.1) is 6.04 Å². The summed E-state index contributed by atoms with van der Waals surface area (Å²) in [5.41, 5.74) is 2.21. The lowest BCUT2D eigenvalue weighted by molar-refractivity contribution is -0.134. The van der Waals surface area contributed by atoms with Crippen LogP contribution >= 0.6 is 22.9 Å². The Kier molecular flexibility index (Phi) is 6.62. The van der Waals surface area contributed by atoms with E-state index in [1.165, 1.54) is 15.3 Å². The first-order valence-corrected chi connectivity index (χ1v) is 10.8. The van der Waals surface area contributed by atoms with E-state index in [1.807, 2.05) is 36.1 Å². The predicted octanol–water partition coefficient (Wildman–Crippen LogP) is 4.27. The summed E-state index contributed by atoms with van der Waals surface area (Å²) >= 11 is 7.81. The molecule has 1 aromatic heterocycles. The van der Waals surface area contributed by atoms with Crippen molar-refractivity contribution in [2.75, 3.05) is 33.7 Å². The third-order valence-electron chi connectivity index (χ3n) is 4.94. The summed E-state index contributed by atoms with van der Waals surface area (Å²) < 4.78 is 0. The van der Waals surface area contributed by atoms with E-state index in [4.69, 9.17) is 11.6 Å². The summed E-state index contributed by atoms with van der Waals surface area (Å²) in [6, 6.07) is 9.51. The highest BCUT2D eigenvalue weighted by Gasteiger charge is 2.34. The third-order valence-corrected chi connectivity index (χ3v) is 6.19. The van der Waals surface area contributed by atoms with E-state index in [1.54, 1.807) is 30.3 Å². The fourth-order valence-electron chi connectivity index (χ4n) is 3.64. The maximum atomic E-state index is 13.3. The fraction of sp³-hybridized carbons (Fsp3) is 0.429. The molecule has 0 saturated heterocycles. The molecular weight excluding hydrogens is 394 g/mol. The highest BCUT2D eigenvalue weighted by atomic mass is 35.5. The van der Waals surface area contributed by atoms with Gasteiger partial charge in [-0.2, -0.15) is 0 Å². The Balaban J connectivity index is 1.89. The lowest BCUT2D eigenvalue weighted by atomic mass is 9.93. The van der Waals surface area contributed by atoms with Crippen LogP contribution in [0, 0.1) is 0 Å². The number of hydrogen-bond donors (Lipinski definition) is 0. The summed E-state index contributed by atoms with van der Waals surface area (Å²) in [7, 11) is 3.43. The molecule has 28 heavy (non-hydrogen) atoms. The van der Waals surface area contributed by atoms with E-state index >= 15 is 0 Å². The minimum absolute atomic E-state index is 0.0274. The average molecular weight is 420 g/mol. The van der Waals surface area contributed by atoms with Crippen molar-refractivity contribution in [3.05, 3.63) is 56.7 Å². The highest BCUT2D eigenvalue weighted by molar-refractivity contribution is 7.10. The zero-order chi connectivity index (χ0) is 20.3. The molecule has 2 heterocycles. The van der Waals surface area contributed by atoms with Gasteiger partial charge in [-0.1, -0.05) is 30.7 Å². The summed E-state index contributed by atoms with van der Waals surface area (Å²) in [5.74, 6) is -0.0274. The minimum atomic E-state index is -0.141. The zero-order valence-corrected chi connectivity index (χ0v) is 18.1. The second-order valence-corrected chi connectivity index (χ2v) is 8.63. The number of thiophene rings is 1. The molecule has 0 spiro atoms. The standard InChI is InChI=1S/C21H26ClN3O2S/c1-4-11-24(21(27)23(2)3)14-19(26)25-12-9-18-17(10-13-28-18)20(25)15-5-7-16(22)8-6-15/h5-8,10,13,20H,4,9,11-12,14H2,1-3H3/t20-/m1/s1. The van der Waals surface area contributed by atoms with E-state index < -0.39 is 0 Å². The lowest BCUT2D eigenvalue weighted by Crippen LogP contribution is -2.49. The average Bonchev–Trinajstić information content (AvgIpc) is 3.15. The molecule has 1 aromatic carbocycles. The van der Waals surface area contributed by atoms with Gasteiger partial charge in [0, 0.05) is 37.1 Å². The first kappa shape index (κ1) is 20.7. The van der Waals surface area contributed by atoms with Crippen LogP contribution in [0.1, 0.15) is 35.4 Å². The smallest absolute Gasteiger partial charge is 0.319 e. The lowest BCUT2D eigenvalue weighted by Gasteiger charge is -2.38. The number of rotatable bonds is 5. The number of amides is 3. The molecule has 3 amide bonds. The van der Waals surface area contributed by atoms with E-state index in [-0.39, 0.29) is 24.5 Å². The van der Waals surface area contributed by atoms with Crippen molar-refractivity contribution in [2.45, 2.75) is 25.8 Å². The Bertz CT molecular complexity index is 834. The van der Waals surface area contributed by atoms with Gasteiger partial charge in [0.2, 0.25) is 5.91 Å². The largest absolute Gasteiger partial charge is 0.331 e. The number of carbonyl (C=O) groups excluding carboxylic acids is 2. The van der Waals surface area contributed by atoms with Crippen LogP contribution in [0.15, 0.2) is 35.7 Å². The summed E-state index contributed by atoms with van der Waals surface area (Å²) in [6.45, 7) is 3.31. The van der Waals surface area contributed by atoms with Gasteiger partial charge in [0.25, 0.3) is 0 Å². The van der Waals surface area contributed by atoms with Gasteiger partial charge in [-0.15, -0.1) is 11.3 Å². The molecule has 0 aliphatic carbocycles. The highest BCUT2D eigenvalue weighted by Crippen LogP contribution is 2.38. The molecule has 0 unspecified atom stereocenters. The molecule has 2 aromatic rings. The second kappa shape index (κ2) is 8.97. The molecule has 0 saturated carbocycles. The van der Waals surface area contributed by atoms with Crippen LogP contribution in [0.5, 0.6) is 0 Å². The summed E-state index contributed by atoms with van der Waals surface area (Å²) in [6.07, 6.45) is 1.65. The molecule has 7 heteroatoms. The van der Waals surface area contributed by atoms with Crippen LogP contribution in [0.25, 0.3) is 0 Å². The number of hydrogen-bond acceptors (Lipinski definition) is 3. The number of nitrogens with zero attached hydrogens (tertiary/aromatic N) is 3. The van der Waals surface area contributed by atoms with Crippen molar-refractivity contribution >= 4 is 34.9 Å². The summed E-state index contributed by atoms with van der Waals surface area (Å²) in [5, 5.41) is 2.76. The fourth-order valence-corrected chi connectivity index (χ4v) is 4.67. The van der Waals surface area contributed by atoms with Gasteiger partial charge in [-0.05, 0) is 47.5 Å². The maximum absolute atomic E-state index is 13.3. The van der Waals surface area contributed by atoms with Gasteiger partial charge < -0.3 is 14.7 Å². The van der Waals surface area contributed by atoms with Crippen LogP contribution in [-0.2, 0) is 11.2 Å². The van der Waals surface area contributed by atoms with Gasteiger partial charge in [-0.3, -0.25) is 4.79 Å². The van der Waals surface area contributed by atoms with Gasteiger partial charge in [0.1, 0.15) is 6.54 Å². The summed E-state index contributed by atoms with van der Waals surface area (Å²) in [4.78, 5) is 32.1. The molecule has 150 valence electrons. The van der Waals surface area contributed by atoms with Gasteiger partial charge >= 0.3 is 6.03 Å². The second-order valence-electron chi connectivity index (χ2n) is 7.19. The molecule has 0 bridgehead atoms. The van der Waals surface area contributed by atoms with Crippen LogP contribution in [0.2, 0.25) is 5.02 Å². The number of carbonyl (C=O) groups is 2. The molecule has 0 fully saturated rings. The zero-order valence-electron chi connectivity index (χ0n) is 16.5. The monoisotopic (exact) mass is 419 g/mol. The molecule has 3 rings (SSSR count). The minimum Gasteiger partial charge on any atom is -0.331 e. The number of urea groups is 1. The molecular formula is C21H26ClN3O2S. The van der Waals surface area contributed by atoms with Crippen molar-refractivity contribution in [1.82, 2.24) is 14.7 Å². The van der Waals surface area contributed by atoms with E-state index in [9.17, 15) is 9.59 Å². The number of benzene rings is 1. The van der Waals surface area contributed by atoms with Gasteiger partial charge in [-0.25, -0.2) is 4.79 Å². The third kappa shape index (κ3) is 4.33. The van der Waals surface area contributed by atoms with Crippen molar-refractivity contribution in [3.63, 3.8) is 0 Å². The Morgan fingerprint density at radius 2 is 1.93 bits per heavy atom. The van der Waals surface area contributed by atoms with E-state index in [0.717, 1.165) is 18.4 Å². The maximum Gasteiger partial charge on any atom is 0.319 e. The Morgan fingerprint density at radius 1 is 1.21 bits per heavy atom. The Hall–Kier alpha value is -2.05. The van der Waals surface area contributed by atoms with Gasteiger partial charge in [0.15, 0.2) is 0 Å². The van der Waals surface area contributed by atoms with E-state index in [0.29, 0.717) is 18.1 Å². The first-order chi connectivity index (χ1) is 13.4. The van der Waals surface area contributed by atoms with Crippen molar-refractivity contribution in [2.24, 2.45) is 0 Å². The number of fused-ring (bicyclic) bond motifs is 1.